The summed E-state index contributed by atoms with van der Waals surface area (Å²) in [5, 5.41) is 2.80. The van der Waals surface area contributed by atoms with Crippen LogP contribution in [0, 0.1) is 0 Å². The number of carbonyl (C=O) groups excluding carboxylic acids is 2. The van der Waals surface area contributed by atoms with E-state index < -0.39 is 11.7 Å². The number of aromatic amines is 1. The number of anilines is 2. The van der Waals surface area contributed by atoms with Gasteiger partial charge in [-0.25, -0.2) is 4.98 Å². The fraction of sp³-hybridized carbons (Fsp3) is 0. The van der Waals surface area contributed by atoms with Crippen molar-refractivity contribution in [3.05, 3.63) is 38.6 Å². The van der Waals surface area contributed by atoms with E-state index in [0.717, 1.165) is 11.8 Å². The fourth-order valence-corrected chi connectivity index (χ4v) is 3.26. The summed E-state index contributed by atoms with van der Waals surface area (Å²) < 4.78 is 0.612. The molecule has 0 fully saturated rings. The average molecular weight is 367 g/mol. The number of nitrogens with zero attached hydrogens (tertiary/aromatic N) is 1. The van der Waals surface area contributed by atoms with Crippen LogP contribution in [0.4, 0.5) is 11.5 Å². The first-order valence-electron chi connectivity index (χ1n) is 5.68. The predicted molar refractivity (Wildman–Crippen MR) is 80.5 cm³/mol. The van der Waals surface area contributed by atoms with Gasteiger partial charge in [0.1, 0.15) is 5.82 Å². The molecule has 1 aliphatic heterocycles. The number of Topliss-reactive ketones (excluding diaryl/α,β-unsaturated/α-hetero) is 1. The molecule has 1 amide bonds. The number of nitrogen functional groups attached to an aromatic ring is 1. The number of aromatic nitrogens is 2. The Morgan fingerprint density at radius 1 is 1.19 bits per heavy atom. The van der Waals surface area contributed by atoms with E-state index in [4.69, 9.17) is 5.73 Å². The third-order valence-corrected chi connectivity index (χ3v) is 4.58. The molecular formula is C12H7BrN4O3S. The van der Waals surface area contributed by atoms with Crippen molar-refractivity contribution in [2.24, 2.45) is 0 Å². The highest BCUT2D eigenvalue weighted by atomic mass is 79.9. The monoisotopic (exact) mass is 366 g/mol. The Labute approximate surface area is 130 Å². The van der Waals surface area contributed by atoms with E-state index >= 15 is 0 Å². The van der Waals surface area contributed by atoms with Crippen molar-refractivity contribution in [1.82, 2.24) is 9.97 Å². The third kappa shape index (κ3) is 2.57. The molecule has 2 aromatic rings. The minimum absolute atomic E-state index is 0.113. The molecule has 0 bridgehead atoms. The molecular weight excluding hydrogens is 360 g/mol. The van der Waals surface area contributed by atoms with Gasteiger partial charge in [-0.2, -0.15) is 0 Å². The number of carbonyl (C=O) groups is 2. The van der Waals surface area contributed by atoms with Crippen molar-refractivity contribution in [3.63, 3.8) is 0 Å². The number of H-pyrrole nitrogens is 1. The molecule has 1 aromatic carbocycles. The second kappa shape index (κ2) is 5.01. The van der Waals surface area contributed by atoms with E-state index in [1.54, 1.807) is 12.1 Å². The van der Waals surface area contributed by atoms with E-state index in [0.29, 0.717) is 25.8 Å². The van der Waals surface area contributed by atoms with Gasteiger partial charge in [0.25, 0.3) is 17.2 Å². The van der Waals surface area contributed by atoms with Gasteiger partial charge in [-0.15, -0.1) is 0 Å². The first-order valence-corrected chi connectivity index (χ1v) is 7.29. The maximum absolute atomic E-state index is 11.6. The summed E-state index contributed by atoms with van der Waals surface area (Å²) in [6, 6.07) is 4.37. The number of nitrogens with two attached hydrogens (primary N) is 1. The number of ketones is 1. The van der Waals surface area contributed by atoms with Gasteiger partial charge in [-0.1, -0.05) is 11.8 Å². The standard InChI is InChI=1S/C12H7BrN4O3S/c13-5-1-4-6(15-11(20)10(4)19)2-7(5)21-12-16-8(14)3-9(18)17-12/h1-3H,(H,15,19,20)(H3,14,16,17,18). The lowest BCUT2D eigenvalue weighted by molar-refractivity contribution is -0.112. The van der Waals surface area contributed by atoms with Crippen LogP contribution in [0.3, 0.4) is 0 Å². The second-order valence-corrected chi connectivity index (χ2v) is 6.07. The number of hydrogen-bond acceptors (Lipinski definition) is 6. The fourth-order valence-electron chi connectivity index (χ4n) is 1.83. The third-order valence-electron chi connectivity index (χ3n) is 2.72. The van der Waals surface area contributed by atoms with E-state index in [2.05, 4.69) is 31.2 Å². The topological polar surface area (TPSA) is 118 Å². The number of amides is 1. The lowest BCUT2D eigenvalue weighted by atomic mass is 10.1. The maximum atomic E-state index is 11.6. The summed E-state index contributed by atoms with van der Waals surface area (Å²) in [6.07, 6.45) is 0. The number of halogens is 1. The van der Waals surface area contributed by atoms with Crippen LogP contribution >= 0.6 is 27.7 Å². The van der Waals surface area contributed by atoms with Crippen molar-refractivity contribution < 1.29 is 9.59 Å². The Hall–Kier alpha value is -2.13. The van der Waals surface area contributed by atoms with E-state index in [-0.39, 0.29) is 11.4 Å². The van der Waals surface area contributed by atoms with Gasteiger partial charge in [0.05, 0.1) is 11.3 Å². The summed E-state index contributed by atoms with van der Waals surface area (Å²) in [5.74, 6) is -1.12. The normalized spacial score (nSPS) is 13.2. The SMILES string of the molecule is Nc1cc(=O)[nH]c(Sc2cc3c(cc2Br)C(=O)C(=O)N3)n1. The molecule has 0 unspecified atom stereocenters. The van der Waals surface area contributed by atoms with Crippen LogP contribution in [0.1, 0.15) is 10.4 Å². The second-order valence-electron chi connectivity index (χ2n) is 4.19. The van der Waals surface area contributed by atoms with Crippen LogP contribution in [0.15, 0.2) is 37.5 Å². The zero-order valence-electron chi connectivity index (χ0n) is 10.3. The van der Waals surface area contributed by atoms with Gasteiger partial charge in [0.15, 0.2) is 5.16 Å². The molecule has 0 radical (unpaired) electrons. The molecule has 106 valence electrons. The quantitative estimate of drug-likeness (QED) is 0.546. The number of benzene rings is 1. The number of hydrogen-bond donors (Lipinski definition) is 3. The Morgan fingerprint density at radius 2 is 1.95 bits per heavy atom. The van der Waals surface area contributed by atoms with Crippen molar-refractivity contribution in [2.45, 2.75) is 10.1 Å². The van der Waals surface area contributed by atoms with Crippen LogP contribution in [0.25, 0.3) is 0 Å². The molecule has 2 heterocycles. The van der Waals surface area contributed by atoms with E-state index in [1.165, 1.54) is 6.07 Å². The number of nitrogens with one attached hydrogen (secondary N) is 2. The highest BCUT2D eigenvalue weighted by Gasteiger charge is 2.29. The molecule has 0 atom stereocenters. The van der Waals surface area contributed by atoms with Crippen LogP contribution < -0.4 is 16.6 Å². The van der Waals surface area contributed by atoms with Crippen LogP contribution in [-0.2, 0) is 4.79 Å². The minimum Gasteiger partial charge on any atom is -0.383 e. The molecule has 7 nitrogen and oxygen atoms in total. The van der Waals surface area contributed by atoms with Crippen LogP contribution in [-0.4, -0.2) is 21.7 Å². The molecule has 21 heavy (non-hydrogen) atoms. The van der Waals surface area contributed by atoms with Crippen molar-refractivity contribution in [3.8, 4) is 0 Å². The molecule has 9 heteroatoms. The number of fused-ring (bicyclic) bond motifs is 1. The highest BCUT2D eigenvalue weighted by molar-refractivity contribution is 9.10. The van der Waals surface area contributed by atoms with E-state index in [1.807, 2.05) is 0 Å². The molecule has 3 rings (SSSR count). The maximum Gasteiger partial charge on any atom is 0.296 e. The Balaban J connectivity index is 2.01. The average Bonchev–Trinajstić information content (AvgIpc) is 2.65. The van der Waals surface area contributed by atoms with Crippen LogP contribution in [0.5, 0.6) is 0 Å². The molecule has 4 N–H and O–H groups in total. The number of rotatable bonds is 2. The van der Waals surface area contributed by atoms with Gasteiger partial charge >= 0.3 is 0 Å². The summed E-state index contributed by atoms with van der Waals surface area (Å²) >= 11 is 4.48. The molecule has 0 aliphatic carbocycles. The van der Waals surface area contributed by atoms with Crippen molar-refractivity contribution >= 4 is 50.9 Å². The molecule has 1 aliphatic rings. The molecule has 0 saturated carbocycles. The lowest BCUT2D eigenvalue weighted by Gasteiger charge is -2.06. The van der Waals surface area contributed by atoms with Gasteiger partial charge in [0.2, 0.25) is 0 Å². The summed E-state index contributed by atoms with van der Waals surface area (Å²) in [6.45, 7) is 0. The van der Waals surface area contributed by atoms with Crippen LogP contribution in [0.2, 0.25) is 0 Å². The first kappa shape index (κ1) is 13.8. The molecule has 1 aromatic heterocycles. The van der Waals surface area contributed by atoms with Gasteiger partial charge in [-0.05, 0) is 28.1 Å². The Kier molecular flexibility index (Phi) is 3.30. The highest BCUT2D eigenvalue weighted by Crippen LogP contribution is 2.37. The zero-order chi connectivity index (χ0) is 15.1. The van der Waals surface area contributed by atoms with Crippen molar-refractivity contribution in [1.29, 1.82) is 0 Å². The van der Waals surface area contributed by atoms with Gasteiger partial charge < -0.3 is 16.0 Å². The van der Waals surface area contributed by atoms with Gasteiger partial charge in [0, 0.05) is 15.4 Å². The smallest absolute Gasteiger partial charge is 0.296 e. The van der Waals surface area contributed by atoms with Gasteiger partial charge in [-0.3, -0.25) is 14.4 Å². The summed E-state index contributed by atoms with van der Waals surface area (Å²) in [7, 11) is 0. The Morgan fingerprint density at radius 3 is 2.67 bits per heavy atom. The largest absolute Gasteiger partial charge is 0.383 e. The van der Waals surface area contributed by atoms with Crippen molar-refractivity contribution in [2.75, 3.05) is 11.1 Å². The Bertz CT molecular complexity index is 849. The zero-order valence-corrected chi connectivity index (χ0v) is 12.7. The minimum atomic E-state index is -0.658. The first-order chi connectivity index (χ1) is 9.94. The summed E-state index contributed by atoms with van der Waals surface area (Å²) in [5.41, 5.74) is 5.91. The molecule has 0 saturated heterocycles. The predicted octanol–water partition coefficient (Wildman–Crippen LogP) is 1.40. The lowest BCUT2D eigenvalue weighted by Crippen LogP contribution is -2.12. The molecule has 0 spiro atoms. The van der Waals surface area contributed by atoms with E-state index in [9.17, 15) is 14.4 Å². The summed E-state index contributed by atoms with van der Waals surface area (Å²) in [4.78, 5) is 41.5.